The standard InChI is InChI=1S/C11H14ClN3O/c12-10-7-9(14-8-16)1-2-11(10)15-5-3-13-4-6-15/h1-2,7-8,13H,3-6H2,(H,14,16). The lowest BCUT2D eigenvalue weighted by atomic mass is 10.2. The van der Waals surface area contributed by atoms with Crippen molar-refractivity contribution in [2.45, 2.75) is 0 Å². The highest BCUT2D eigenvalue weighted by molar-refractivity contribution is 6.33. The van der Waals surface area contributed by atoms with Gasteiger partial charge in [0.05, 0.1) is 10.7 Å². The first-order chi connectivity index (χ1) is 7.81. The van der Waals surface area contributed by atoms with E-state index in [0.29, 0.717) is 11.4 Å². The number of hydrogen-bond acceptors (Lipinski definition) is 3. The molecule has 5 heteroatoms. The molecule has 0 bridgehead atoms. The Morgan fingerprint density at radius 3 is 2.75 bits per heavy atom. The van der Waals surface area contributed by atoms with Crippen molar-refractivity contribution in [3.8, 4) is 0 Å². The number of nitrogens with zero attached hydrogens (tertiary/aromatic N) is 1. The van der Waals surface area contributed by atoms with Crippen LogP contribution in [0.2, 0.25) is 5.02 Å². The topological polar surface area (TPSA) is 44.4 Å². The van der Waals surface area contributed by atoms with Crippen LogP contribution >= 0.6 is 11.6 Å². The summed E-state index contributed by atoms with van der Waals surface area (Å²) in [7, 11) is 0. The van der Waals surface area contributed by atoms with Gasteiger partial charge < -0.3 is 15.5 Å². The number of rotatable bonds is 3. The number of piperazine rings is 1. The van der Waals surface area contributed by atoms with Gasteiger partial charge in [0.15, 0.2) is 0 Å². The molecule has 1 aromatic carbocycles. The second-order valence-corrected chi connectivity index (χ2v) is 4.07. The van der Waals surface area contributed by atoms with E-state index in [1.54, 1.807) is 6.07 Å². The van der Waals surface area contributed by atoms with Gasteiger partial charge in [-0.25, -0.2) is 0 Å². The zero-order valence-electron chi connectivity index (χ0n) is 8.87. The van der Waals surface area contributed by atoms with E-state index in [-0.39, 0.29) is 0 Å². The molecule has 1 aliphatic rings. The summed E-state index contributed by atoms with van der Waals surface area (Å²) in [6.45, 7) is 3.87. The number of anilines is 2. The second-order valence-electron chi connectivity index (χ2n) is 3.67. The molecular weight excluding hydrogens is 226 g/mol. The fraction of sp³-hybridized carbons (Fsp3) is 0.364. The number of carbonyl (C=O) groups excluding carboxylic acids is 1. The SMILES string of the molecule is O=CNc1ccc(N2CCNCC2)c(Cl)c1. The van der Waals surface area contributed by atoms with Crippen LogP contribution in [0.25, 0.3) is 0 Å². The maximum atomic E-state index is 10.3. The normalized spacial score (nSPS) is 15.9. The van der Waals surface area contributed by atoms with Gasteiger partial charge in [-0.1, -0.05) is 11.6 Å². The quantitative estimate of drug-likeness (QED) is 0.782. The lowest BCUT2D eigenvalue weighted by molar-refractivity contribution is -0.105. The van der Waals surface area contributed by atoms with Crippen LogP contribution < -0.4 is 15.5 Å². The van der Waals surface area contributed by atoms with Gasteiger partial charge >= 0.3 is 0 Å². The van der Waals surface area contributed by atoms with Crippen LogP contribution in [0.4, 0.5) is 11.4 Å². The summed E-state index contributed by atoms with van der Waals surface area (Å²) in [6.07, 6.45) is 0.649. The summed E-state index contributed by atoms with van der Waals surface area (Å²) in [6, 6.07) is 5.57. The molecular formula is C11H14ClN3O. The Kier molecular flexibility index (Phi) is 3.64. The molecule has 1 saturated heterocycles. The zero-order chi connectivity index (χ0) is 11.4. The number of amides is 1. The highest BCUT2D eigenvalue weighted by Gasteiger charge is 2.13. The van der Waals surface area contributed by atoms with Gasteiger partial charge in [0.1, 0.15) is 0 Å². The molecule has 2 rings (SSSR count). The Balaban J connectivity index is 2.17. The van der Waals surface area contributed by atoms with E-state index in [1.165, 1.54) is 0 Å². The zero-order valence-corrected chi connectivity index (χ0v) is 9.63. The molecule has 1 aromatic rings. The third kappa shape index (κ3) is 2.46. The minimum atomic E-state index is 0.649. The van der Waals surface area contributed by atoms with Crippen LogP contribution in [-0.4, -0.2) is 32.6 Å². The Morgan fingerprint density at radius 2 is 2.12 bits per heavy atom. The van der Waals surface area contributed by atoms with Crippen molar-refractivity contribution in [1.82, 2.24) is 5.32 Å². The van der Waals surface area contributed by atoms with Crippen molar-refractivity contribution in [2.75, 3.05) is 36.4 Å². The van der Waals surface area contributed by atoms with Gasteiger partial charge in [-0.3, -0.25) is 4.79 Å². The molecule has 0 spiro atoms. The summed E-state index contributed by atoms with van der Waals surface area (Å²) >= 11 is 6.18. The van der Waals surface area contributed by atoms with Crippen molar-refractivity contribution >= 4 is 29.4 Å². The largest absolute Gasteiger partial charge is 0.368 e. The molecule has 0 aromatic heterocycles. The fourth-order valence-electron chi connectivity index (χ4n) is 1.83. The summed E-state index contributed by atoms with van der Waals surface area (Å²) in [5.41, 5.74) is 1.75. The van der Waals surface area contributed by atoms with Crippen LogP contribution in [0.3, 0.4) is 0 Å². The van der Waals surface area contributed by atoms with E-state index < -0.39 is 0 Å². The molecule has 2 N–H and O–H groups in total. The minimum absolute atomic E-state index is 0.649. The molecule has 0 unspecified atom stereocenters. The first-order valence-corrected chi connectivity index (χ1v) is 5.64. The summed E-state index contributed by atoms with van der Waals surface area (Å²) in [5.74, 6) is 0. The highest BCUT2D eigenvalue weighted by atomic mass is 35.5. The van der Waals surface area contributed by atoms with Crippen LogP contribution in [0.5, 0.6) is 0 Å². The van der Waals surface area contributed by atoms with Crippen molar-refractivity contribution in [3.05, 3.63) is 23.2 Å². The Bertz CT molecular complexity index is 377. The molecule has 0 saturated carbocycles. The number of nitrogens with one attached hydrogen (secondary N) is 2. The van der Waals surface area contributed by atoms with E-state index in [4.69, 9.17) is 11.6 Å². The Morgan fingerprint density at radius 1 is 1.38 bits per heavy atom. The minimum Gasteiger partial charge on any atom is -0.368 e. The molecule has 0 aliphatic carbocycles. The molecule has 1 fully saturated rings. The first-order valence-electron chi connectivity index (χ1n) is 5.26. The van der Waals surface area contributed by atoms with E-state index in [1.807, 2.05) is 12.1 Å². The van der Waals surface area contributed by atoms with Gasteiger partial charge in [-0.2, -0.15) is 0 Å². The van der Waals surface area contributed by atoms with Crippen LogP contribution in [0.15, 0.2) is 18.2 Å². The molecule has 1 amide bonds. The van der Waals surface area contributed by atoms with E-state index >= 15 is 0 Å². The van der Waals surface area contributed by atoms with Gasteiger partial charge in [0.2, 0.25) is 6.41 Å². The van der Waals surface area contributed by atoms with Crippen molar-refractivity contribution in [2.24, 2.45) is 0 Å². The lowest BCUT2D eigenvalue weighted by Crippen LogP contribution is -2.43. The molecule has 86 valence electrons. The van der Waals surface area contributed by atoms with E-state index in [0.717, 1.165) is 37.6 Å². The monoisotopic (exact) mass is 239 g/mol. The number of carbonyl (C=O) groups is 1. The third-order valence-electron chi connectivity index (χ3n) is 2.63. The maximum absolute atomic E-state index is 10.3. The molecule has 0 radical (unpaired) electrons. The van der Waals surface area contributed by atoms with Gasteiger partial charge in [-0.15, -0.1) is 0 Å². The Labute approximate surface area is 99.6 Å². The lowest BCUT2D eigenvalue weighted by Gasteiger charge is -2.30. The summed E-state index contributed by atoms with van der Waals surface area (Å²) in [5, 5.41) is 6.55. The van der Waals surface area contributed by atoms with Crippen LogP contribution in [0.1, 0.15) is 0 Å². The Hall–Kier alpha value is -1.26. The molecule has 4 nitrogen and oxygen atoms in total. The van der Waals surface area contributed by atoms with Crippen LogP contribution in [-0.2, 0) is 4.79 Å². The highest BCUT2D eigenvalue weighted by Crippen LogP contribution is 2.28. The second kappa shape index (κ2) is 5.18. The number of hydrogen-bond donors (Lipinski definition) is 2. The van der Waals surface area contributed by atoms with Crippen molar-refractivity contribution in [3.63, 3.8) is 0 Å². The molecule has 0 atom stereocenters. The van der Waals surface area contributed by atoms with Gasteiger partial charge in [0, 0.05) is 31.9 Å². The van der Waals surface area contributed by atoms with Crippen LogP contribution in [0, 0.1) is 0 Å². The van der Waals surface area contributed by atoms with Gasteiger partial charge in [-0.05, 0) is 18.2 Å². The molecule has 16 heavy (non-hydrogen) atoms. The predicted molar refractivity (Wildman–Crippen MR) is 66.2 cm³/mol. The third-order valence-corrected chi connectivity index (χ3v) is 2.93. The summed E-state index contributed by atoms with van der Waals surface area (Å²) < 4.78 is 0. The number of halogens is 1. The van der Waals surface area contributed by atoms with Crippen molar-refractivity contribution in [1.29, 1.82) is 0 Å². The summed E-state index contributed by atoms with van der Waals surface area (Å²) in [4.78, 5) is 12.5. The average Bonchev–Trinajstić information content (AvgIpc) is 2.31. The smallest absolute Gasteiger partial charge is 0.211 e. The molecule has 1 heterocycles. The number of benzene rings is 1. The molecule has 1 aliphatic heterocycles. The van der Waals surface area contributed by atoms with Gasteiger partial charge in [0.25, 0.3) is 0 Å². The predicted octanol–water partition coefficient (Wildman–Crippen LogP) is 1.32. The van der Waals surface area contributed by atoms with E-state index in [9.17, 15) is 4.79 Å². The first kappa shape index (κ1) is 11.2. The van der Waals surface area contributed by atoms with E-state index in [2.05, 4.69) is 15.5 Å². The van der Waals surface area contributed by atoms with Crippen molar-refractivity contribution < 1.29 is 4.79 Å². The maximum Gasteiger partial charge on any atom is 0.211 e. The average molecular weight is 240 g/mol. The fourth-order valence-corrected chi connectivity index (χ4v) is 2.13.